The lowest BCUT2D eigenvalue weighted by Crippen LogP contribution is -1.93. The number of nitrogens with zero attached hydrogens (tertiary/aromatic N) is 2. The summed E-state index contributed by atoms with van der Waals surface area (Å²) in [6, 6.07) is 47.4. The topological polar surface area (TPSA) is 44.1 Å². The van der Waals surface area contributed by atoms with Gasteiger partial charge in [-0.3, -0.25) is 4.57 Å². The van der Waals surface area contributed by atoms with Gasteiger partial charge in [0.2, 0.25) is 0 Å². The van der Waals surface area contributed by atoms with Crippen LogP contribution in [0, 0.1) is 0 Å². The van der Waals surface area contributed by atoms with Gasteiger partial charge in [0.1, 0.15) is 16.7 Å². The second-order valence-corrected chi connectivity index (χ2v) is 11.2. The SMILES string of the molecule is c1ccc2c(c1)cc(-c1ccc3c(c1)c1ccccc1n3-c1nc3c(ccc4oc5ccccc5c43)o1)c1ccccc12. The summed E-state index contributed by atoms with van der Waals surface area (Å²) in [7, 11) is 0. The maximum absolute atomic E-state index is 6.49. The van der Waals surface area contributed by atoms with Gasteiger partial charge in [0.25, 0.3) is 0 Å². The molecule has 0 N–H and O–H groups in total. The maximum atomic E-state index is 6.49. The quantitative estimate of drug-likeness (QED) is 0.201. The van der Waals surface area contributed by atoms with Crippen molar-refractivity contribution in [1.82, 2.24) is 9.55 Å². The van der Waals surface area contributed by atoms with E-state index in [0.29, 0.717) is 6.01 Å². The summed E-state index contributed by atoms with van der Waals surface area (Å²) in [4.78, 5) is 5.10. The molecule has 0 unspecified atom stereocenters. The summed E-state index contributed by atoms with van der Waals surface area (Å²) < 4.78 is 14.8. The number of hydrogen-bond donors (Lipinski definition) is 0. The molecule has 0 radical (unpaired) electrons. The number of oxazole rings is 1. The van der Waals surface area contributed by atoms with Gasteiger partial charge in [-0.05, 0) is 75.1 Å². The summed E-state index contributed by atoms with van der Waals surface area (Å²) in [6.45, 7) is 0. The number of para-hydroxylation sites is 2. The third-order valence-corrected chi connectivity index (χ3v) is 8.83. The van der Waals surface area contributed by atoms with Crippen LogP contribution in [0.1, 0.15) is 0 Å². The van der Waals surface area contributed by atoms with E-state index in [1.54, 1.807) is 0 Å². The molecule has 3 heterocycles. The standard InChI is InChI=1S/C39H22N2O2/c1-2-10-25-23(9-1)21-30(27-12-4-3-11-26(25)27)24-17-18-33-31(22-24)28-13-5-7-15-32(28)41(33)39-40-38-36(43-39)20-19-35-37(38)29-14-6-8-16-34(29)42-35/h1-22H. The summed E-state index contributed by atoms with van der Waals surface area (Å²) in [5.41, 5.74) is 7.71. The first-order valence-electron chi connectivity index (χ1n) is 14.5. The molecule has 7 aromatic carbocycles. The van der Waals surface area contributed by atoms with E-state index in [2.05, 4.69) is 108 Å². The number of hydrogen-bond acceptors (Lipinski definition) is 3. The molecule has 10 aromatic rings. The molecule has 0 fully saturated rings. The van der Waals surface area contributed by atoms with Gasteiger partial charge in [0, 0.05) is 16.2 Å². The predicted molar refractivity (Wildman–Crippen MR) is 176 cm³/mol. The average Bonchev–Trinajstić information content (AvgIpc) is 3.75. The average molecular weight is 551 g/mol. The lowest BCUT2D eigenvalue weighted by atomic mass is 9.93. The normalized spacial score (nSPS) is 12.2. The van der Waals surface area contributed by atoms with Crippen LogP contribution in [-0.2, 0) is 0 Å². The van der Waals surface area contributed by atoms with Crippen LogP contribution >= 0.6 is 0 Å². The number of rotatable bonds is 2. The predicted octanol–water partition coefficient (Wildman–Crippen LogP) is 10.8. The van der Waals surface area contributed by atoms with Gasteiger partial charge in [0.05, 0.1) is 16.4 Å². The Kier molecular flexibility index (Phi) is 4.42. The van der Waals surface area contributed by atoms with Crippen molar-refractivity contribution in [2.24, 2.45) is 0 Å². The number of fused-ring (bicyclic) bond motifs is 11. The van der Waals surface area contributed by atoms with Crippen molar-refractivity contribution in [3.05, 3.63) is 133 Å². The molecule has 4 nitrogen and oxygen atoms in total. The van der Waals surface area contributed by atoms with Gasteiger partial charge in [-0.15, -0.1) is 0 Å². The van der Waals surface area contributed by atoms with Crippen molar-refractivity contribution in [3.63, 3.8) is 0 Å². The Morgan fingerprint density at radius 1 is 0.465 bits per heavy atom. The Hall–Kier alpha value is -5.87. The van der Waals surface area contributed by atoms with E-state index >= 15 is 0 Å². The fourth-order valence-corrected chi connectivity index (χ4v) is 6.92. The molecule has 0 aliphatic rings. The monoisotopic (exact) mass is 550 g/mol. The molecule has 0 amide bonds. The summed E-state index contributed by atoms with van der Waals surface area (Å²) in [6.07, 6.45) is 0. The second kappa shape index (κ2) is 8.34. The van der Waals surface area contributed by atoms with Gasteiger partial charge in [-0.1, -0.05) is 91.0 Å². The van der Waals surface area contributed by atoms with Gasteiger partial charge in [-0.25, -0.2) is 0 Å². The van der Waals surface area contributed by atoms with Gasteiger partial charge < -0.3 is 8.83 Å². The minimum absolute atomic E-state index is 0.544. The molecule has 0 bridgehead atoms. The Labute approximate surface area is 245 Å². The lowest BCUT2D eigenvalue weighted by Gasteiger charge is -2.11. The van der Waals surface area contributed by atoms with Crippen LogP contribution in [0.5, 0.6) is 0 Å². The van der Waals surface area contributed by atoms with Gasteiger partial charge in [0.15, 0.2) is 5.58 Å². The fraction of sp³-hybridized carbons (Fsp3) is 0. The van der Waals surface area contributed by atoms with Crippen LogP contribution in [0.15, 0.2) is 142 Å². The van der Waals surface area contributed by atoms with Crippen molar-refractivity contribution >= 4 is 76.4 Å². The Morgan fingerprint density at radius 3 is 2.07 bits per heavy atom. The summed E-state index contributed by atoms with van der Waals surface area (Å²) >= 11 is 0. The molecule has 43 heavy (non-hydrogen) atoms. The number of benzene rings is 7. The molecular formula is C39H22N2O2. The lowest BCUT2D eigenvalue weighted by molar-refractivity contribution is 0.574. The molecular weight excluding hydrogens is 528 g/mol. The Bertz CT molecular complexity index is 2740. The van der Waals surface area contributed by atoms with Gasteiger partial charge in [-0.2, -0.15) is 4.98 Å². The second-order valence-electron chi connectivity index (χ2n) is 11.2. The summed E-state index contributed by atoms with van der Waals surface area (Å²) in [5, 5.41) is 9.37. The molecule has 0 saturated heterocycles. The first-order valence-corrected chi connectivity index (χ1v) is 14.5. The van der Waals surface area contributed by atoms with E-state index in [1.807, 2.05) is 30.3 Å². The zero-order valence-electron chi connectivity index (χ0n) is 22.9. The molecule has 0 aliphatic heterocycles. The van der Waals surface area contributed by atoms with Crippen molar-refractivity contribution in [2.45, 2.75) is 0 Å². The Morgan fingerprint density at radius 2 is 1.16 bits per heavy atom. The highest BCUT2D eigenvalue weighted by Crippen LogP contribution is 2.40. The molecule has 0 spiro atoms. The van der Waals surface area contributed by atoms with Crippen LogP contribution in [0.25, 0.3) is 93.5 Å². The molecule has 0 atom stereocenters. The zero-order chi connectivity index (χ0) is 28.1. The first-order chi connectivity index (χ1) is 21.3. The van der Waals surface area contributed by atoms with E-state index < -0.39 is 0 Å². The smallest absolute Gasteiger partial charge is 0.307 e. The minimum Gasteiger partial charge on any atom is -0.456 e. The van der Waals surface area contributed by atoms with Crippen LogP contribution in [0.3, 0.4) is 0 Å². The van der Waals surface area contributed by atoms with E-state index in [0.717, 1.165) is 54.8 Å². The van der Waals surface area contributed by atoms with Crippen molar-refractivity contribution in [3.8, 4) is 17.1 Å². The fourth-order valence-electron chi connectivity index (χ4n) is 6.92. The third-order valence-electron chi connectivity index (χ3n) is 8.83. The minimum atomic E-state index is 0.544. The highest BCUT2D eigenvalue weighted by Gasteiger charge is 2.20. The third kappa shape index (κ3) is 3.12. The molecule has 0 saturated carbocycles. The van der Waals surface area contributed by atoms with Crippen LogP contribution in [0.4, 0.5) is 0 Å². The van der Waals surface area contributed by atoms with Crippen LogP contribution < -0.4 is 0 Å². The van der Waals surface area contributed by atoms with E-state index in [4.69, 9.17) is 13.8 Å². The molecule has 3 aromatic heterocycles. The Balaban J connectivity index is 1.25. The van der Waals surface area contributed by atoms with Crippen molar-refractivity contribution < 1.29 is 8.83 Å². The number of aromatic nitrogens is 2. The highest BCUT2D eigenvalue weighted by atomic mass is 16.4. The molecule has 0 aliphatic carbocycles. The largest absolute Gasteiger partial charge is 0.456 e. The summed E-state index contributed by atoms with van der Waals surface area (Å²) in [5.74, 6) is 0. The van der Waals surface area contributed by atoms with Crippen molar-refractivity contribution in [2.75, 3.05) is 0 Å². The number of furan rings is 1. The zero-order valence-corrected chi connectivity index (χ0v) is 22.9. The van der Waals surface area contributed by atoms with Crippen molar-refractivity contribution in [1.29, 1.82) is 0 Å². The highest BCUT2D eigenvalue weighted by molar-refractivity contribution is 6.18. The van der Waals surface area contributed by atoms with Crippen LogP contribution in [0.2, 0.25) is 0 Å². The molecule has 4 heteroatoms. The van der Waals surface area contributed by atoms with E-state index in [-0.39, 0.29) is 0 Å². The van der Waals surface area contributed by atoms with E-state index in [1.165, 1.54) is 32.7 Å². The molecule has 200 valence electrons. The maximum Gasteiger partial charge on any atom is 0.307 e. The van der Waals surface area contributed by atoms with Crippen LogP contribution in [-0.4, -0.2) is 9.55 Å². The molecule has 10 rings (SSSR count). The van der Waals surface area contributed by atoms with E-state index in [9.17, 15) is 0 Å². The first kappa shape index (κ1) is 22.8. The van der Waals surface area contributed by atoms with Gasteiger partial charge >= 0.3 is 6.01 Å².